The van der Waals surface area contributed by atoms with Crippen molar-refractivity contribution in [3.8, 4) is 0 Å². The van der Waals surface area contributed by atoms with Crippen molar-refractivity contribution < 1.29 is 13.6 Å². The average Bonchev–Trinajstić information content (AvgIpc) is 2.60. The minimum Gasteiger partial charge on any atom is -0.376 e. The summed E-state index contributed by atoms with van der Waals surface area (Å²) in [5, 5.41) is 2.93. The lowest BCUT2D eigenvalue weighted by molar-refractivity contribution is -0.129. The van der Waals surface area contributed by atoms with Crippen molar-refractivity contribution in [2.45, 2.75) is 0 Å². The Morgan fingerprint density at radius 3 is 2.46 bits per heavy atom. The largest absolute Gasteiger partial charge is 0.376 e. The molecule has 3 rings (SSSR count). The number of anilines is 2. The van der Waals surface area contributed by atoms with E-state index in [-0.39, 0.29) is 24.1 Å². The number of nitrogens with zero attached hydrogens (tertiary/aromatic N) is 2. The molecular weight excluding hydrogens is 312 g/mol. The predicted molar refractivity (Wildman–Crippen MR) is 90.1 cm³/mol. The second-order valence-corrected chi connectivity index (χ2v) is 5.68. The summed E-state index contributed by atoms with van der Waals surface area (Å²) < 4.78 is 26.9. The molecule has 1 amide bonds. The van der Waals surface area contributed by atoms with E-state index in [2.05, 4.69) is 5.32 Å². The number of rotatable bonds is 4. The van der Waals surface area contributed by atoms with Crippen LogP contribution < -0.4 is 10.2 Å². The van der Waals surface area contributed by atoms with Crippen LogP contribution in [0.3, 0.4) is 0 Å². The highest BCUT2D eigenvalue weighted by Gasteiger charge is 2.22. The van der Waals surface area contributed by atoms with E-state index in [4.69, 9.17) is 0 Å². The summed E-state index contributed by atoms with van der Waals surface area (Å²) in [4.78, 5) is 15.9. The number of piperazine rings is 1. The average molecular weight is 331 g/mol. The van der Waals surface area contributed by atoms with Crippen LogP contribution in [-0.2, 0) is 4.79 Å². The van der Waals surface area contributed by atoms with Gasteiger partial charge >= 0.3 is 0 Å². The van der Waals surface area contributed by atoms with Gasteiger partial charge in [0, 0.05) is 31.9 Å². The zero-order valence-corrected chi connectivity index (χ0v) is 13.2. The summed E-state index contributed by atoms with van der Waals surface area (Å²) in [5.41, 5.74) is 1.15. The third-order valence-corrected chi connectivity index (χ3v) is 4.09. The van der Waals surface area contributed by atoms with Crippen LogP contribution in [0.25, 0.3) is 0 Å². The lowest BCUT2D eigenvalue weighted by atomic mass is 10.2. The molecule has 0 aliphatic carbocycles. The molecule has 1 aliphatic heterocycles. The first-order valence-electron chi connectivity index (χ1n) is 7.90. The molecule has 1 fully saturated rings. The lowest BCUT2D eigenvalue weighted by Gasteiger charge is -2.36. The molecule has 0 unspecified atom stereocenters. The highest BCUT2D eigenvalue weighted by Crippen LogP contribution is 2.20. The Hall–Kier alpha value is -2.63. The first-order chi connectivity index (χ1) is 11.6. The molecule has 24 heavy (non-hydrogen) atoms. The Morgan fingerprint density at radius 1 is 1.00 bits per heavy atom. The SMILES string of the molecule is O=C(CNc1cccc(F)c1)N1CCN(c2ccccc2F)CC1. The highest BCUT2D eigenvalue weighted by molar-refractivity contribution is 5.81. The maximum absolute atomic E-state index is 13.8. The van der Waals surface area contributed by atoms with Crippen molar-refractivity contribution in [3.05, 3.63) is 60.2 Å². The molecule has 1 aliphatic rings. The van der Waals surface area contributed by atoms with Crippen LogP contribution in [-0.4, -0.2) is 43.5 Å². The molecule has 0 bridgehead atoms. The number of nitrogens with one attached hydrogen (secondary N) is 1. The molecule has 0 saturated carbocycles. The number of hydrogen-bond acceptors (Lipinski definition) is 3. The van der Waals surface area contributed by atoms with Crippen LogP contribution in [0.2, 0.25) is 0 Å². The van der Waals surface area contributed by atoms with Gasteiger partial charge < -0.3 is 15.1 Å². The van der Waals surface area contributed by atoms with Crippen LogP contribution in [0.5, 0.6) is 0 Å². The van der Waals surface area contributed by atoms with Gasteiger partial charge in [0.2, 0.25) is 5.91 Å². The number of carbonyl (C=O) groups is 1. The minimum absolute atomic E-state index is 0.0487. The summed E-state index contributed by atoms with van der Waals surface area (Å²) in [6.07, 6.45) is 0. The molecule has 1 heterocycles. The van der Waals surface area contributed by atoms with Crippen molar-refractivity contribution in [2.24, 2.45) is 0 Å². The standard InChI is InChI=1S/C18H19F2N3O/c19-14-4-3-5-15(12-14)21-13-18(24)23-10-8-22(9-11-23)17-7-2-1-6-16(17)20/h1-7,12,21H,8-11,13H2. The van der Waals surface area contributed by atoms with Gasteiger partial charge in [0.25, 0.3) is 0 Å². The van der Waals surface area contributed by atoms with Gasteiger partial charge in [-0.1, -0.05) is 18.2 Å². The van der Waals surface area contributed by atoms with Crippen LogP contribution in [0.15, 0.2) is 48.5 Å². The third-order valence-electron chi connectivity index (χ3n) is 4.09. The first-order valence-corrected chi connectivity index (χ1v) is 7.90. The maximum Gasteiger partial charge on any atom is 0.241 e. The van der Waals surface area contributed by atoms with Crippen molar-refractivity contribution in [1.82, 2.24) is 4.90 Å². The van der Waals surface area contributed by atoms with Crippen molar-refractivity contribution in [2.75, 3.05) is 42.9 Å². The summed E-state index contributed by atoms with van der Waals surface area (Å²) >= 11 is 0. The van der Waals surface area contributed by atoms with Crippen molar-refractivity contribution >= 4 is 17.3 Å². The van der Waals surface area contributed by atoms with Gasteiger partial charge in [0.05, 0.1) is 12.2 Å². The molecule has 0 atom stereocenters. The second-order valence-electron chi connectivity index (χ2n) is 5.68. The van der Waals surface area contributed by atoms with E-state index in [1.54, 1.807) is 35.2 Å². The van der Waals surface area contributed by atoms with Gasteiger partial charge in [-0.05, 0) is 30.3 Å². The van der Waals surface area contributed by atoms with Crippen molar-refractivity contribution in [1.29, 1.82) is 0 Å². The van der Waals surface area contributed by atoms with Crippen molar-refractivity contribution in [3.63, 3.8) is 0 Å². The van der Waals surface area contributed by atoms with E-state index in [1.807, 2.05) is 4.90 Å². The number of para-hydroxylation sites is 1. The summed E-state index contributed by atoms with van der Waals surface area (Å²) in [5.74, 6) is -0.636. The van der Waals surface area contributed by atoms with Gasteiger partial charge in [-0.2, -0.15) is 0 Å². The zero-order chi connectivity index (χ0) is 16.9. The second kappa shape index (κ2) is 7.29. The Bertz CT molecular complexity index is 715. The minimum atomic E-state index is -0.342. The van der Waals surface area contributed by atoms with Crippen LogP contribution >= 0.6 is 0 Å². The summed E-state index contributed by atoms with van der Waals surface area (Å²) in [7, 11) is 0. The Morgan fingerprint density at radius 2 is 1.75 bits per heavy atom. The van der Waals surface area contributed by atoms with E-state index >= 15 is 0 Å². The molecule has 1 saturated heterocycles. The van der Waals surface area contributed by atoms with Gasteiger partial charge in [0.15, 0.2) is 0 Å². The number of halogens is 2. The lowest BCUT2D eigenvalue weighted by Crippen LogP contribution is -2.50. The Balaban J connectivity index is 1.51. The molecule has 2 aromatic carbocycles. The molecule has 0 aromatic heterocycles. The number of benzene rings is 2. The van der Waals surface area contributed by atoms with Gasteiger partial charge in [-0.25, -0.2) is 8.78 Å². The topological polar surface area (TPSA) is 35.6 Å². The number of carbonyl (C=O) groups excluding carboxylic acids is 1. The van der Waals surface area contributed by atoms with Gasteiger partial charge in [-0.15, -0.1) is 0 Å². The summed E-state index contributed by atoms with van der Waals surface area (Å²) in [6, 6.07) is 12.7. The van der Waals surface area contributed by atoms with Gasteiger partial charge in [-0.3, -0.25) is 4.79 Å². The van der Waals surface area contributed by atoms with E-state index < -0.39 is 0 Å². The number of hydrogen-bond donors (Lipinski definition) is 1. The quantitative estimate of drug-likeness (QED) is 0.936. The van der Waals surface area contributed by atoms with E-state index in [1.165, 1.54) is 18.2 Å². The molecule has 4 nitrogen and oxygen atoms in total. The molecule has 6 heteroatoms. The van der Waals surface area contributed by atoms with Crippen LogP contribution in [0.4, 0.5) is 20.2 Å². The van der Waals surface area contributed by atoms with Crippen LogP contribution in [0, 0.1) is 11.6 Å². The normalized spacial score (nSPS) is 14.6. The Labute approximate surface area is 139 Å². The highest BCUT2D eigenvalue weighted by atomic mass is 19.1. The fourth-order valence-electron chi connectivity index (χ4n) is 2.79. The zero-order valence-electron chi connectivity index (χ0n) is 13.2. The monoisotopic (exact) mass is 331 g/mol. The fourth-order valence-corrected chi connectivity index (χ4v) is 2.79. The maximum atomic E-state index is 13.8. The van der Waals surface area contributed by atoms with E-state index in [0.717, 1.165) is 0 Å². The van der Waals surface area contributed by atoms with Gasteiger partial charge in [0.1, 0.15) is 11.6 Å². The fraction of sp³-hybridized carbons (Fsp3) is 0.278. The number of amides is 1. The molecule has 126 valence electrons. The first kappa shape index (κ1) is 16.2. The molecule has 0 radical (unpaired) electrons. The van der Waals surface area contributed by atoms with Crippen LogP contribution in [0.1, 0.15) is 0 Å². The molecular formula is C18H19F2N3O. The smallest absolute Gasteiger partial charge is 0.241 e. The van der Waals surface area contributed by atoms with E-state index in [9.17, 15) is 13.6 Å². The van der Waals surface area contributed by atoms with E-state index in [0.29, 0.717) is 37.6 Å². The predicted octanol–water partition coefficient (Wildman–Crippen LogP) is 2.73. The Kier molecular flexibility index (Phi) is 4.93. The molecule has 0 spiro atoms. The molecule has 2 aromatic rings. The summed E-state index contributed by atoms with van der Waals surface area (Å²) in [6.45, 7) is 2.37. The third kappa shape index (κ3) is 3.82. The molecule has 1 N–H and O–H groups in total.